The summed E-state index contributed by atoms with van der Waals surface area (Å²) in [6.07, 6.45) is 1.32. The topological polar surface area (TPSA) is 109 Å². The van der Waals surface area contributed by atoms with Crippen molar-refractivity contribution >= 4 is 49.6 Å². The Labute approximate surface area is 400 Å². The maximum absolute atomic E-state index is 13.4. The number of hydrogen-bond donors (Lipinski definition) is 0. The second-order valence-corrected chi connectivity index (χ2v) is 28.3. The number of fused-ring (bicyclic) bond motifs is 9. The number of carbonyl (C=O) groups is 1. The van der Waals surface area contributed by atoms with Crippen LogP contribution in [0, 0.1) is 5.92 Å². The molecule has 2 aromatic carbocycles. The molecule has 65 heavy (non-hydrogen) atoms. The van der Waals surface area contributed by atoms with Crippen molar-refractivity contribution in [2.75, 3.05) is 17.3 Å². The van der Waals surface area contributed by atoms with Crippen molar-refractivity contribution in [1.29, 1.82) is 0 Å². The maximum atomic E-state index is 13.4. The summed E-state index contributed by atoms with van der Waals surface area (Å²) in [6.45, 7) is 15.9. The summed E-state index contributed by atoms with van der Waals surface area (Å²) in [6, 6.07) is 22.5. The molecule has 0 unspecified atom stereocenters. The van der Waals surface area contributed by atoms with Crippen molar-refractivity contribution in [3.8, 4) is 0 Å². The summed E-state index contributed by atoms with van der Waals surface area (Å²) in [4.78, 5) is 13.4. The van der Waals surface area contributed by atoms with E-state index in [2.05, 4.69) is 58.9 Å². The van der Waals surface area contributed by atoms with E-state index >= 15 is 0 Å². The van der Waals surface area contributed by atoms with E-state index in [1.54, 1.807) is 0 Å². The van der Waals surface area contributed by atoms with Gasteiger partial charge in [0, 0.05) is 17.3 Å². The lowest BCUT2D eigenvalue weighted by atomic mass is 9.87. The van der Waals surface area contributed by atoms with E-state index in [4.69, 9.17) is 47.1 Å². The number of rotatable bonds is 19. The highest BCUT2D eigenvalue weighted by Crippen LogP contribution is 2.53. The van der Waals surface area contributed by atoms with Crippen molar-refractivity contribution < 1.29 is 51.9 Å². The van der Waals surface area contributed by atoms with Gasteiger partial charge in [0.15, 0.2) is 33.3 Å². The Bertz CT molecular complexity index is 1840. The van der Waals surface area contributed by atoms with Crippen LogP contribution in [0.4, 0.5) is 0 Å². The number of benzene rings is 2. The Morgan fingerprint density at radius 3 is 1.71 bits per heavy atom. The second-order valence-electron chi connectivity index (χ2n) is 19.8. The van der Waals surface area contributed by atoms with Gasteiger partial charge in [-0.1, -0.05) is 121 Å². The quantitative estimate of drug-likeness (QED) is 0.0985. The number of thioether (sulfide) groups is 3. The minimum Gasteiger partial charge on any atom is -0.456 e. The maximum Gasteiger partial charge on any atom is 0.308 e. The molecular weight excluding hydrogens is 901 g/mol. The average Bonchev–Trinajstić information content (AvgIpc) is 3.32. The van der Waals surface area contributed by atoms with E-state index in [0.717, 1.165) is 47.6 Å². The molecule has 9 saturated heterocycles. The summed E-state index contributed by atoms with van der Waals surface area (Å²) in [7, 11) is -2.31. The summed E-state index contributed by atoms with van der Waals surface area (Å²) < 4.78 is 70.0. The SMILES string of the molecule is CC[Si](CC)(O[C@]1(C)[C@@H](OC(=O)C(C)C)[C@@H]2CS[C@H]1[C@H](O[C@H]1[C@H](OCc3ccccc3)[C@H]3CS[C@@H]1[C@H](O[C@H]1[C@H](OCc4ccccc4)[C@H]4CS[C@@H]1[C@H](OC1CCCCC1)O4)O3)O2)C(C)C. The molecule has 15 atom stereocenters. The third-order valence-corrected chi connectivity index (χ3v) is 24.7. The Morgan fingerprint density at radius 1 is 0.677 bits per heavy atom. The first-order chi connectivity index (χ1) is 31.5. The molecule has 1 aliphatic carbocycles. The van der Waals surface area contributed by atoms with Crippen LogP contribution >= 0.6 is 35.3 Å². The van der Waals surface area contributed by atoms with Gasteiger partial charge in [0.2, 0.25) is 0 Å². The largest absolute Gasteiger partial charge is 0.456 e. The molecule has 9 aliphatic heterocycles. The molecule has 0 amide bonds. The van der Waals surface area contributed by atoms with Crippen molar-refractivity contribution in [2.24, 2.45) is 5.92 Å². The molecule has 9 heterocycles. The molecule has 6 bridgehead atoms. The molecule has 0 spiro atoms. The predicted octanol–water partition coefficient (Wildman–Crippen LogP) is 9.54. The zero-order valence-electron chi connectivity index (χ0n) is 39.3. The molecule has 12 rings (SSSR count). The highest BCUT2D eigenvalue weighted by atomic mass is 32.2. The molecule has 360 valence electrons. The molecule has 0 radical (unpaired) electrons. The number of hydrogen-bond acceptors (Lipinski definition) is 14. The molecule has 0 aromatic heterocycles. The number of esters is 1. The van der Waals surface area contributed by atoms with E-state index in [1.165, 1.54) is 19.3 Å². The average molecular weight is 973 g/mol. The highest BCUT2D eigenvalue weighted by molar-refractivity contribution is 8.00. The number of ether oxygens (including phenoxy) is 9. The molecule has 10 aliphatic rings. The van der Waals surface area contributed by atoms with Crippen LogP contribution in [0.2, 0.25) is 17.6 Å². The Morgan fingerprint density at radius 2 is 1.18 bits per heavy atom. The van der Waals surface area contributed by atoms with Crippen LogP contribution in [0.3, 0.4) is 0 Å². The van der Waals surface area contributed by atoms with Gasteiger partial charge in [-0.05, 0) is 48.5 Å². The molecule has 15 heteroatoms. The third-order valence-electron chi connectivity index (χ3n) is 15.0. The number of carbonyl (C=O) groups excluding carboxylic acids is 1. The fourth-order valence-corrected chi connectivity index (χ4v) is 19.1. The summed E-state index contributed by atoms with van der Waals surface area (Å²) in [5.74, 6) is 1.72. The van der Waals surface area contributed by atoms with Crippen molar-refractivity contribution in [1.82, 2.24) is 0 Å². The highest BCUT2D eigenvalue weighted by Gasteiger charge is 2.65. The lowest BCUT2D eigenvalue weighted by Crippen LogP contribution is -2.74. The van der Waals surface area contributed by atoms with Gasteiger partial charge < -0.3 is 47.1 Å². The minimum absolute atomic E-state index is 0.0964. The Kier molecular flexibility index (Phi) is 16.1. The van der Waals surface area contributed by atoms with E-state index < -0.39 is 51.1 Å². The van der Waals surface area contributed by atoms with Crippen molar-refractivity contribution in [2.45, 2.75) is 207 Å². The van der Waals surface area contributed by atoms with Crippen LogP contribution in [0.1, 0.15) is 91.7 Å². The summed E-state index contributed by atoms with van der Waals surface area (Å²) in [5.41, 5.74) is 1.71. The summed E-state index contributed by atoms with van der Waals surface area (Å²) in [5, 5.41) is -0.607. The van der Waals surface area contributed by atoms with Crippen molar-refractivity contribution in [3.63, 3.8) is 0 Å². The van der Waals surface area contributed by atoms with Crippen LogP contribution in [-0.2, 0) is 65.1 Å². The lowest BCUT2D eigenvalue weighted by molar-refractivity contribution is -0.339. The van der Waals surface area contributed by atoms with Crippen LogP contribution in [-0.4, -0.2) is 127 Å². The smallest absolute Gasteiger partial charge is 0.308 e. The third kappa shape index (κ3) is 10.4. The molecule has 2 aromatic rings. The lowest BCUT2D eigenvalue weighted by Gasteiger charge is -2.60. The minimum atomic E-state index is -2.31. The first kappa shape index (κ1) is 48.8. The molecule has 1 saturated carbocycles. The normalized spacial score (nSPS) is 38.2. The monoisotopic (exact) mass is 972 g/mol. The van der Waals surface area contributed by atoms with Crippen molar-refractivity contribution in [3.05, 3.63) is 71.8 Å². The second kappa shape index (κ2) is 21.4. The first-order valence-corrected chi connectivity index (χ1v) is 30.0. The van der Waals surface area contributed by atoms with E-state index in [-0.39, 0.29) is 64.3 Å². The van der Waals surface area contributed by atoms with Gasteiger partial charge in [0.25, 0.3) is 0 Å². The molecule has 10 fully saturated rings. The standard InChI is InChI=1S/C50H72O11S3Si/c1-8-65(9-2,31(5)6)61-50(7)44(60-46(51)30(3)4)37-29-64-45(50)49(57-37)59-41-39(53-26-33-21-15-11-16-22-33)36-28-63-43(41)48(56-36)58-40-38(52-25-32-19-13-10-14-20-32)35-27-62-42(40)47(55-35)54-34-23-17-12-18-24-34/h10-11,13-16,19-22,30-31,34-45,47-49H,8-9,12,17-18,23-29H2,1-7H3/t35-,36-,37+,38-,39-,40+,41+,42+,43+,44+,45+,47-,48+,49+,50-/m1/s1. The zero-order chi connectivity index (χ0) is 45.3. The fraction of sp³-hybridized carbons (Fsp3) is 0.740. The fourth-order valence-electron chi connectivity index (χ4n) is 11.1. The van der Waals surface area contributed by atoms with Gasteiger partial charge in [-0.3, -0.25) is 4.79 Å². The van der Waals surface area contributed by atoms with Crippen LogP contribution < -0.4 is 0 Å². The summed E-state index contributed by atoms with van der Waals surface area (Å²) >= 11 is 5.51. The molecule has 11 nitrogen and oxygen atoms in total. The zero-order valence-corrected chi connectivity index (χ0v) is 42.7. The van der Waals surface area contributed by atoms with Gasteiger partial charge in [-0.15, -0.1) is 35.3 Å². The Hall–Kier alpha value is -1.18. The van der Waals surface area contributed by atoms with Crippen LogP contribution in [0.5, 0.6) is 0 Å². The molecule has 0 N–H and O–H groups in total. The van der Waals surface area contributed by atoms with E-state index in [9.17, 15) is 4.79 Å². The van der Waals surface area contributed by atoms with Gasteiger partial charge in [-0.2, -0.15) is 0 Å². The Balaban J connectivity index is 1.01. The van der Waals surface area contributed by atoms with Gasteiger partial charge in [-0.25, -0.2) is 0 Å². The first-order valence-electron chi connectivity index (χ1n) is 24.5. The van der Waals surface area contributed by atoms with Gasteiger partial charge >= 0.3 is 5.97 Å². The van der Waals surface area contributed by atoms with Crippen LogP contribution in [0.25, 0.3) is 0 Å². The van der Waals surface area contributed by atoms with Crippen LogP contribution in [0.15, 0.2) is 60.7 Å². The predicted molar refractivity (Wildman–Crippen MR) is 258 cm³/mol. The molecular formula is C50H72O11S3Si. The van der Waals surface area contributed by atoms with E-state index in [1.807, 2.05) is 85.5 Å². The van der Waals surface area contributed by atoms with E-state index in [0.29, 0.717) is 24.5 Å². The van der Waals surface area contributed by atoms with Gasteiger partial charge in [0.05, 0.1) is 53.2 Å². The van der Waals surface area contributed by atoms with Gasteiger partial charge in [0.1, 0.15) is 36.1 Å².